The zero-order valence-electron chi connectivity index (χ0n) is 18.9. The summed E-state index contributed by atoms with van der Waals surface area (Å²) in [5, 5.41) is 2.92. The highest BCUT2D eigenvalue weighted by molar-refractivity contribution is 7.92. The highest BCUT2D eigenvalue weighted by Gasteiger charge is 2.21. The van der Waals surface area contributed by atoms with Crippen LogP contribution in [0.3, 0.4) is 0 Å². The van der Waals surface area contributed by atoms with Gasteiger partial charge in [-0.05, 0) is 68.7 Å². The van der Waals surface area contributed by atoms with Crippen molar-refractivity contribution in [2.75, 3.05) is 11.8 Å². The Morgan fingerprint density at radius 1 is 0.938 bits per heavy atom. The second-order valence-electron chi connectivity index (χ2n) is 7.84. The molecule has 32 heavy (non-hydrogen) atoms. The third-order valence-electron chi connectivity index (χ3n) is 5.33. The van der Waals surface area contributed by atoms with Crippen LogP contribution in [-0.2, 0) is 10.0 Å². The Labute approximate surface area is 189 Å². The topological polar surface area (TPSA) is 84.5 Å². The molecule has 0 saturated heterocycles. The summed E-state index contributed by atoms with van der Waals surface area (Å²) in [5.41, 5.74) is 3.93. The number of benzene rings is 3. The standard InChI is InChI=1S/C25H28N2O4S/c1-16-10-11-17(2)22(14-16)27-32(29,30)24-15-20(13-12-18(24)3)25(28)26-19(4)21-8-6-7-9-23(21)31-5/h6-15,19,27H,1-5H3,(H,26,28)/t19-/m0/s1. The molecule has 3 aromatic rings. The molecule has 0 bridgehead atoms. The number of amides is 1. The number of aryl methyl sites for hydroxylation is 3. The molecule has 3 rings (SSSR count). The molecule has 7 heteroatoms. The quantitative estimate of drug-likeness (QED) is 0.533. The van der Waals surface area contributed by atoms with E-state index in [1.165, 1.54) is 6.07 Å². The number of hydrogen-bond acceptors (Lipinski definition) is 4. The first-order valence-electron chi connectivity index (χ1n) is 10.3. The number of anilines is 1. The van der Waals surface area contributed by atoms with Crippen LogP contribution in [0, 0.1) is 20.8 Å². The third kappa shape index (κ3) is 5.11. The molecule has 2 N–H and O–H groups in total. The largest absolute Gasteiger partial charge is 0.496 e. The van der Waals surface area contributed by atoms with Gasteiger partial charge in [-0.25, -0.2) is 8.42 Å². The van der Waals surface area contributed by atoms with Crippen LogP contribution in [0.15, 0.2) is 65.6 Å². The Balaban J connectivity index is 1.87. The summed E-state index contributed by atoms with van der Waals surface area (Å²) in [5.74, 6) is 0.303. The number of carbonyl (C=O) groups excluding carboxylic acids is 1. The van der Waals surface area contributed by atoms with Crippen molar-refractivity contribution in [1.29, 1.82) is 0 Å². The zero-order chi connectivity index (χ0) is 23.5. The van der Waals surface area contributed by atoms with Gasteiger partial charge in [-0.2, -0.15) is 0 Å². The molecule has 0 aromatic heterocycles. The van der Waals surface area contributed by atoms with Crippen LogP contribution in [0.2, 0.25) is 0 Å². The zero-order valence-corrected chi connectivity index (χ0v) is 19.7. The van der Waals surface area contributed by atoms with Crippen molar-refractivity contribution in [3.05, 3.63) is 88.5 Å². The first-order chi connectivity index (χ1) is 15.1. The van der Waals surface area contributed by atoms with Crippen molar-refractivity contribution < 1.29 is 17.9 Å². The van der Waals surface area contributed by atoms with Crippen molar-refractivity contribution in [3.8, 4) is 5.75 Å². The molecule has 3 aromatic carbocycles. The lowest BCUT2D eigenvalue weighted by Crippen LogP contribution is -2.27. The number of ether oxygens (including phenoxy) is 1. The number of sulfonamides is 1. The number of rotatable bonds is 7. The summed E-state index contributed by atoms with van der Waals surface area (Å²) in [6.45, 7) is 7.30. The van der Waals surface area contributed by atoms with E-state index in [9.17, 15) is 13.2 Å². The Hall–Kier alpha value is -3.32. The van der Waals surface area contributed by atoms with E-state index >= 15 is 0 Å². The lowest BCUT2D eigenvalue weighted by Gasteiger charge is -2.18. The maximum absolute atomic E-state index is 13.1. The van der Waals surface area contributed by atoms with Gasteiger partial charge >= 0.3 is 0 Å². The molecule has 1 atom stereocenters. The Kier molecular flexibility index (Phi) is 6.89. The fourth-order valence-corrected chi connectivity index (χ4v) is 4.85. The third-order valence-corrected chi connectivity index (χ3v) is 6.84. The number of carbonyl (C=O) groups is 1. The highest BCUT2D eigenvalue weighted by atomic mass is 32.2. The molecule has 0 aliphatic heterocycles. The summed E-state index contributed by atoms with van der Waals surface area (Å²) < 4.78 is 34.3. The van der Waals surface area contributed by atoms with Crippen molar-refractivity contribution in [2.45, 2.75) is 38.6 Å². The molecule has 1 amide bonds. The van der Waals surface area contributed by atoms with Crippen LogP contribution in [0.5, 0.6) is 5.75 Å². The van der Waals surface area contributed by atoms with E-state index in [0.717, 1.165) is 16.7 Å². The SMILES string of the molecule is COc1ccccc1[C@H](C)NC(=O)c1ccc(C)c(S(=O)(=O)Nc2cc(C)ccc2C)c1. The normalized spacial score (nSPS) is 12.2. The van der Waals surface area contributed by atoms with E-state index in [4.69, 9.17) is 4.74 Å². The molecule has 0 spiro atoms. The van der Waals surface area contributed by atoms with Gasteiger partial charge in [0.15, 0.2) is 0 Å². The predicted molar refractivity (Wildman–Crippen MR) is 127 cm³/mol. The monoisotopic (exact) mass is 452 g/mol. The van der Waals surface area contributed by atoms with Gasteiger partial charge in [-0.3, -0.25) is 9.52 Å². The molecular formula is C25H28N2O4S. The fraction of sp³-hybridized carbons (Fsp3) is 0.240. The first kappa shape index (κ1) is 23.3. The fourth-order valence-electron chi connectivity index (χ4n) is 3.46. The lowest BCUT2D eigenvalue weighted by atomic mass is 10.1. The van der Waals surface area contributed by atoms with Crippen LogP contribution in [0.4, 0.5) is 5.69 Å². The summed E-state index contributed by atoms with van der Waals surface area (Å²) in [6.07, 6.45) is 0. The maximum atomic E-state index is 13.1. The number of nitrogens with one attached hydrogen (secondary N) is 2. The van der Waals surface area contributed by atoms with Crippen molar-refractivity contribution in [2.24, 2.45) is 0 Å². The van der Waals surface area contributed by atoms with E-state index in [2.05, 4.69) is 10.0 Å². The van der Waals surface area contributed by atoms with E-state index in [1.54, 1.807) is 32.2 Å². The number of methoxy groups -OCH3 is 1. The Morgan fingerprint density at radius 3 is 2.34 bits per heavy atom. The molecule has 0 fully saturated rings. The second-order valence-corrected chi connectivity index (χ2v) is 9.49. The molecule has 168 valence electrons. The molecule has 0 radical (unpaired) electrons. The van der Waals surface area contributed by atoms with Gasteiger partial charge in [0.1, 0.15) is 5.75 Å². The van der Waals surface area contributed by atoms with E-state index < -0.39 is 10.0 Å². The van der Waals surface area contributed by atoms with Crippen LogP contribution >= 0.6 is 0 Å². The maximum Gasteiger partial charge on any atom is 0.262 e. The minimum atomic E-state index is -3.88. The Bertz CT molecular complexity index is 1250. The molecular weight excluding hydrogens is 424 g/mol. The number of para-hydroxylation sites is 1. The minimum absolute atomic E-state index is 0.0657. The van der Waals surface area contributed by atoms with Crippen LogP contribution in [-0.4, -0.2) is 21.4 Å². The minimum Gasteiger partial charge on any atom is -0.496 e. The summed E-state index contributed by atoms with van der Waals surface area (Å²) in [7, 11) is -2.30. The average Bonchev–Trinajstić information content (AvgIpc) is 2.76. The lowest BCUT2D eigenvalue weighted by molar-refractivity contribution is 0.0939. The molecule has 0 aliphatic carbocycles. The molecule has 0 unspecified atom stereocenters. The predicted octanol–water partition coefficient (Wildman–Crippen LogP) is 4.91. The second kappa shape index (κ2) is 9.44. The van der Waals surface area contributed by atoms with Gasteiger partial charge in [-0.15, -0.1) is 0 Å². The molecule has 6 nitrogen and oxygen atoms in total. The number of hydrogen-bond donors (Lipinski definition) is 2. The van der Waals surface area contributed by atoms with Gasteiger partial charge in [0.05, 0.1) is 23.7 Å². The van der Waals surface area contributed by atoms with Crippen molar-refractivity contribution in [1.82, 2.24) is 5.32 Å². The van der Waals surface area contributed by atoms with Gasteiger partial charge in [0.2, 0.25) is 0 Å². The first-order valence-corrected chi connectivity index (χ1v) is 11.7. The molecule has 0 aliphatic rings. The highest BCUT2D eigenvalue weighted by Crippen LogP contribution is 2.26. The summed E-state index contributed by atoms with van der Waals surface area (Å²) >= 11 is 0. The summed E-state index contributed by atoms with van der Waals surface area (Å²) in [4.78, 5) is 13.0. The molecule has 0 heterocycles. The van der Waals surface area contributed by atoms with Crippen LogP contribution in [0.25, 0.3) is 0 Å². The van der Waals surface area contributed by atoms with E-state index in [1.807, 2.05) is 57.2 Å². The van der Waals surface area contributed by atoms with Gasteiger partial charge in [0, 0.05) is 11.1 Å². The van der Waals surface area contributed by atoms with Crippen molar-refractivity contribution in [3.63, 3.8) is 0 Å². The van der Waals surface area contributed by atoms with Crippen LogP contribution < -0.4 is 14.8 Å². The average molecular weight is 453 g/mol. The summed E-state index contributed by atoms with van der Waals surface area (Å²) in [6, 6.07) is 17.4. The van der Waals surface area contributed by atoms with E-state index in [0.29, 0.717) is 17.0 Å². The molecule has 0 saturated carbocycles. The van der Waals surface area contributed by atoms with Gasteiger partial charge in [0.25, 0.3) is 15.9 Å². The van der Waals surface area contributed by atoms with Gasteiger partial charge < -0.3 is 10.1 Å². The smallest absolute Gasteiger partial charge is 0.262 e. The van der Waals surface area contributed by atoms with E-state index in [-0.39, 0.29) is 22.4 Å². The van der Waals surface area contributed by atoms with Crippen molar-refractivity contribution >= 4 is 21.6 Å². The Morgan fingerprint density at radius 2 is 1.62 bits per heavy atom. The van der Waals surface area contributed by atoms with Crippen LogP contribution in [0.1, 0.15) is 45.6 Å². The van der Waals surface area contributed by atoms with Gasteiger partial charge in [-0.1, -0.05) is 36.4 Å².